The Morgan fingerprint density at radius 1 is 1.50 bits per heavy atom. The predicted molar refractivity (Wildman–Crippen MR) is 54.6 cm³/mol. The summed E-state index contributed by atoms with van der Waals surface area (Å²) in [6.07, 6.45) is -9.09. The van der Waals surface area contributed by atoms with Gasteiger partial charge in [0.1, 0.15) is 11.8 Å². The normalized spacial score (nSPS) is 11.3. The fraction of sp³-hybridized carbons (Fsp3) is 0.364. The summed E-state index contributed by atoms with van der Waals surface area (Å²) in [6, 6.07) is 1.46. The summed E-state index contributed by atoms with van der Waals surface area (Å²) >= 11 is 0. The number of halogens is 5. The molecule has 0 saturated heterocycles. The van der Waals surface area contributed by atoms with E-state index >= 15 is 0 Å². The number of methoxy groups -OCH3 is 1. The quantitative estimate of drug-likeness (QED) is 0.635. The fourth-order valence-corrected chi connectivity index (χ4v) is 1.43. The zero-order chi connectivity index (χ0) is 15.5. The molecule has 108 valence electrons. The van der Waals surface area contributed by atoms with Crippen molar-refractivity contribution in [2.45, 2.75) is 19.0 Å². The lowest BCUT2D eigenvalue weighted by atomic mass is 10.0. The Kier molecular flexibility index (Phi) is 4.60. The number of pyridine rings is 1. The molecule has 1 aromatic heterocycles. The van der Waals surface area contributed by atoms with Gasteiger partial charge in [0, 0.05) is 0 Å². The highest BCUT2D eigenvalue weighted by molar-refractivity contribution is 5.72. The van der Waals surface area contributed by atoms with E-state index < -0.39 is 47.5 Å². The number of ether oxygens (including phenoxy) is 1. The van der Waals surface area contributed by atoms with Crippen LogP contribution in [0.4, 0.5) is 22.0 Å². The third kappa shape index (κ3) is 3.40. The lowest BCUT2D eigenvalue weighted by Crippen LogP contribution is -2.15. The van der Waals surface area contributed by atoms with Crippen molar-refractivity contribution >= 4 is 5.97 Å². The third-order valence-corrected chi connectivity index (χ3v) is 2.28. The number of carbonyl (C=O) groups is 1. The van der Waals surface area contributed by atoms with Crippen molar-refractivity contribution in [1.29, 1.82) is 5.26 Å². The number of nitrogens with zero attached hydrogens (tertiary/aromatic N) is 2. The molecule has 0 unspecified atom stereocenters. The molecule has 0 aliphatic rings. The molecule has 0 aliphatic carbocycles. The maximum Gasteiger partial charge on any atom is 0.417 e. The maximum absolute atomic E-state index is 12.7. The Labute approximate surface area is 109 Å². The molecular weight excluding hydrogens is 287 g/mol. The second-order valence-electron chi connectivity index (χ2n) is 3.58. The molecule has 0 aromatic carbocycles. The molecule has 1 aromatic rings. The molecular formula is C11H7F5N2O2. The van der Waals surface area contributed by atoms with Crippen LogP contribution in [0.5, 0.6) is 0 Å². The molecule has 0 fully saturated rings. The first-order valence-corrected chi connectivity index (χ1v) is 5.06. The Bertz CT molecular complexity index is 563. The van der Waals surface area contributed by atoms with Gasteiger partial charge in [-0.05, 0) is 6.07 Å². The molecule has 0 saturated carbocycles. The van der Waals surface area contributed by atoms with Crippen LogP contribution in [0.25, 0.3) is 0 Å². The average Bonchev–Trinajstić information content (AvgIpc) is 2.36. The summed E-state index contributed by atoms with van der Waals surface area (Å²) in [7, 11) is 0.991. The van der Waals surface area contributed by atoms with Gasteiger partial charge < -0.3 is 4.74 Å². The van der Waals surface area contributed by atoms with Crippen LogP contribution in [0, 0.1) is 11.3 Å². The van der Waals surface area contributed by atoms with Gasteiger partial charge in [0.05, 0.1) is 30.4 Å². The molecule has 4 nitrogen and oxygen atoms in total. The minimum absolute atomic E-state index is 0.390. The number of alkyl halides is 5. The van der Waals surface area contributed by atoms with Crippen LogP contribution in [0.3, 0.4) is 0 Å². The number of esters is 1. The van der Waals surface area contributed by atoms with Gasteiger partial charge >= 0.3 is 12.1 Å². The van der Waals surface area contributed by atoms with Gasteiger partial charge in [-0.3, -0.25) is 4.79 Å². The van der Waals surface area contributed by atoms with E-state index in [-0.39, 0.29) is 0 Å². The first-order chi connectivity index (χ1) is 9.20. The Morgan fingerprint density at radius 2 is 2.10 bits per heavy atom. The minimum Gasteiger partial charge on any atom is -0.469 e. The summed E-state index contributed by atoms with van der Waals surface area (Å²) in [4.78, 5) is 14.2. The molecule has 0 spiro atoms. The summed E-state index contributed by atoms with van der Waals surface area (Å²) < 4.78 is 67.8. The third-order valence-electron chi connectivity index (χ3n) is 2.28. The summed E-state index contributed by atoms with van der Waals surface area (Å²) in [5.41, 5.74) is -4.65. The number of nitriles is 1. The molecule has 20 heavy (non-hydrogen) atoms. The van der Waals surface area contributed by atoms with Crippen molar-refractivity contribution in [2.75, 3.05) is 7.11 Å². The van der Waals surface area contributed by atoms with E-state index in [1.807, 2.05) is 0 Å². The van der Waals surface area contributed by atoms with Gasteiger partial charge in [0.2, 0.25) is 0 Å². The molecule has 0 aliphatic heterocycles. The molecule has 0 radical (unpaired) electrons. The summed E-state index contributed by atoms with van der Waals surface area (Å²) in [5, 5.41) is 8.62. The van der Waals surface area contributed by atoms with Crippen LogP contribution < -0.4 is 0 Å². The lowest BCUT2D eigenvalue weighted by molar-refractivity contribution is -0.141. The van der Waals surface area contributed by atoms with Crippen molar-refractivity contribution in [3.05, 3.63) is 28.6 Å². The number of hydrogen-bond donors (Lipinski definition) is 0. The monoisotopic (exact) mass is 294 g/mol. The van der Waals surface area contributed by atoms with Gasteiger partial charge in [-0.2, -0.15) is 18.4 Å². The first-order valence-electron chi connectivity index (χ1n) is 5.06. The standard InChI is InChI=1S/C11H7F5N2O2/c1-20-8(19)3-5-2-7(11(14,15)16)6(4-17)9(18-5)10(12)13/h2,10H,3H2,1H3. The van der Waals surface area contributed by atoms with E-state index in [1.54, 1.807) is 0 Å². The van der Waals surface area contributed by atoms with E-state index in [1.165, 1.54) is 0 Å². The average molecular weight is 294 g/mol. The van der Waals surface area contributed by atoms with E-state index in [4.69, 9.17) is 5.26 Å². The van der Waals surface area contributed by atoms with Gasteiger partial charge in [-0.15, -0.1) is 0 Å². The van der Waals surface area contributed by atoms with Crippen LogP contribution in [-0.2, 0) is 22.1 Å². The number of hydrogen-bond acceptors (Lipinski definition) is 4. The van der Waals surface area contributed by atoms with Crippen LogP contribution in [-0.4, -0.2) is 18.1 Å². The highest BCUT2D eigenvalue weighted by atomic mass is 19.4. The highest BCUT2D eigenvalue weighted by Gasteiger charge is 2.37. The SMILES string of the molecule is COC(=O)Cc1cc(C(F)(F)F)c(C#N)c(C(F)F)n1. The summed E-state index contributed by atoms with van der Waals surface area (Å²) in [5.74, 6) is -0.935. The second kappa shape index (κ2) is 5.81. The minimum atomic E-state index is -5.01. The molecule has 9 heteroatoms. The molecule has 0 atom stereocenters. The zero-order valence-electron chi connectivity index (χ0n) is 9.96. The van der Waals surface area contributed by atoms with Crippen molar-refractivity contribution in [1.82, 2.24) is 4.98 Å². The number of aromatic nitrogens is 1. The maximum atomic E-state index is 12.7. The van der Waals surface area contributed by atoms with Gasteiger partial charge in [0.15, 0.2) is 0 Å². The molecule has 0 N–H and O–H groups in total. The van der Waals surface area contributed by atoms with Crippen LogP contribution in [0.15, 0.2) is 6.07 Å². The topological polar surface area (TPSA) is 63.0 Å². The molecule has 0 bridgehead atoms. The predicted octanol–water partition coefficient (Wildman–Crippen LogP) is 2.63. The van der Waals surface area contributed by atoms with Crippen molar-refractivity contribution in [3.63, 3.8) is 0 Å². The summed E-state index contributed by atoms with van der Waals surface area (Å²) in [6.45, 7) is 0. The second-order valence-corrected chi connectivity index (χ2v) is 3.58. The van der Waals surface area contributed by atoms with Gasteiger partial charge in [0.25, 0.3) is 6.43 Å². The Morgan fingerprint density at radius 3 is 2.50 bits per heavy atom. The Hall–Kier alpha value is -2.24. The zero-order valence-corrected chi connectivity index (χ0v) is 9.96. The van der Waals surface area contributed by atoms with E-state index in [0.717, 1.165) is 13.2 Å². The van der Waals surface area contributed by atoms with Crippen LogP contribution in [0.2, 0.25) is 0 Å². The first kappa shape index (κ1) is 15.8. The molecule has 1 rings (SSSR count). The van der Waals surface area contributed by atoms with E-state index in [0.29, 0.717) is 6.07 Å². The van der Waals surface area contributed by atoms with E-state index in [9.17, 15) is 26.7 Å². The molecule has 1 heterocycles. The van der Waals surface area contributed by atoms with Crippen molar-refractivity contribution in [2.24, 2.45) is 0 Å². The fourth-order valence-electron chi connectivity index (χ4n) is 1.43. The van der Waals surface area contributed by atoms with Crippen LogP contribution in [0.1, 0.15) is 28.9 Å². The molecule has 0 amide bonds. The van der Waals surface area contributed by atoms with E-state index in [2.05, 4.69) is 9.72 Å². The van der Waals surface area contributed by atoms with Gasteiger partial charge in [-0.1, -0.05) is 0 Å². The van der Waals surface area contributed by atoms with Crippen molar-refractivity contribution < 1.29 is 31.5 Å². The smallest absolute Gasteiger partial charge is 0.417 e. The van der Waals surface area contributed by atoms with Crippen LogP contribution >= 0.6 is 0 Å². The number of rotatable bonds is 3. The largest absolute Gasteiger partial charge is 0.469 e. The van der Waals surface area contributed by atoms with Crippen molar-refractivity contribution in [3.8, 4) is 6.07 Å². The lowest BCUT2D eigenvalue weighted by Gasteiger charge is -2.13. The highest BCUT2D eigenvalue weighted by Crippen LogP contribution is 2.35. The van der Waals surface area contributed by atoms with Gasteiger partial charge in [-0.25, -0.2) is 13.8 Å². The Balaban J connectivity index is 3.49. The number of carbonyl (C=O) groups excluding carboxylic acids is 1.